The molecule has 0 saturated heterocycles. The van der Waals surface area contributed by atoms with E-state index in [1.807, 2.05) is 6.07 Å². The molecule has 0 aliphatic carbocycles. The minimum atomic E-state index is -3.83. The summed E-state index contributed by atoms with van der Waals surface area (Å²) in [5.74, 6) is -7.06. The van der Waals surface area contributed by atoms with E-state index in [9.17, 15) is 39.6 Å². The van der Waals surface area contributed by atoms with Crippen molar-refractivity contribution in [1.29, 1.82) is 0 Å². The van der Waals surface area contributed by atoms with Crippen LogP contribution in [0.25, 0.3) is 33.2 Å². The number of pyridine rings is 4. The van der Waals surface area contributed by atoms with E-state index in [2.05, 4.69) is 55.3 Å². The summed E-state index contributed by atoms with van der Waals surface area (Å²) in [5.41, 5.74) is -0.0602. The Morgan fingerprint density at radius 2 is 1.15 bits per heavy atom. The molecule has 16 nitrogen and oxygen atoms in total. The van der Waals surface area contributed by atoms with Crippen molar-refractivity contribution in [3.8, 4) is 11.1 Å². The molecule has 0 spiro atoms. The lowest BCUT2D eigenvalue weighted by Gasteiger charge is -2.11. The van der Waals surface area contributed by atoms with Crippen LogP contribution < -0.4 is 14.9 Å². The maximum absolute atomic E-state index is 15.1. The van der Waals surface area contributed by atoms with Crippen LogP contribution in [-0.2, 0) is 20.0 Å². The summed E-state index contributed by atoms with van der Waals surface area (Å²) in [6.07, 6.45) is 12.6. The second-order valence-corrected chi connectivity index (χ2v) is 19.1. The predicted octanol–water partition coefficient (Wildman–Crippen LogP) is 7.03. The van der Waals surface area contributed by atoms with Gasteiger partial charge in [0.05, 0.1) is 34.0 Å². The Labute approximate surface area is 394 Å². The zero-order valence-electron chi connectivity index (χ0n) is 35.6. The first kappa shape index (κ1) is 50.6. The summed E-state index contributed by atoms with van der Waals surface area (Å²) in [5, 5.41) is 17.8. The molecule has 6 N–H and O–H groups in total. The van der Waals surface area contributed by atoms with Crippen LogP contribution in [0.5, 0.6) is 0 Å². The van der Waals surface area contributed by atoms with Crippen molar-refractivity contribution in [2.24, 2.45) is 0 Å². The number of nitrogens with zero attached hydrogens (tertiary/aromatic N) is 4. The van der Waals surface area contributed by atoms with E-state index in [0.717, 1.165) is 29.8 Å². The van der Waals surface area contributed by atoms with Crippen molar-refractivity contribution in [3.63, 3.8) is 0 Å². The fourth-order valence-corrected chi connectivity index (χ4v) is 9.10. The maximum Gasteiger partial charge on any atom is 0.490 e. The summed E-state index contributed by atoms with van der Waals surface area (Å²) in [6, 6.07) is 13.7. The third-order valence-electron chi connectivity index (χ3n) is 9.61. The van der Waals surface area contributed by atoms with Gasteiger partial charge in [-0.1, -0.05) is 26.0 Å². The Morgan fingerprint density at radius 1 is 0.662 bits per heavy atom. The summed E-state index contributed by atoms with van der Waals surface area (Å²) < 4.78 is 111. The molecule has 0 bridgehead atoms. The standard InChI is InChI=1S/C22H18F2N4O3S.C17H14BrF2N3O3S.C5H6BNO2/c1-2-8-32(30,31)28-18-6-5-17(23)19(20(18)24)21(29)16-12-27-22-15(16)9-14(11-26-22)13-4-3-7-25-10-13;1-2-5-27(25,26)23-13-4-3-12(19)14(15(13)20)16(24)11-8-22-17-10(11)6-9(18)7-21-17;8-6(9)5-2-1-3-7-4-5/h3-7,9-12,28H,2,8H2,1H3,(H,26,27);3-4,6-8,23H,2,5H2,1H3,(H,21,22);1-4,8-9H. The summed E-state index contributed by atoms with van der Waals surface area (Å²) in [6.45, 7) is 3.30. The maximum atomic E-state index is 15.1. The molecule has 0 atom stereocenters. The number of hydrogen-bond donors (Lipinski definition) is 6. The van der Waals surface area contributed by atoms with Crippen LogP contribution in [0.4, 0.5) is 28.9 Å². The Kier molecular flexibility index (Phi) is 16.2. The van der Waals surface area contributed by atoms with Gasteiger partial charge < -0.3 is 20.0 Å². The van der Waals surface area contributed by atoms with Gasteiger partial charge in [0, 0.05) is 92.5 Å². The first-order valence-corrected chi connectivity index (χ1v) is 24.3. The van der Waals surface area contributed by atoms with Crippen LogP contribution in [0.15, 0.2) is 115 Å². The number of fused-ring (bicyclic) bond motifs is 2. The quantitative estimate of drug-likeness (QED) is 0.0365. The van der Waals surface area contributed by atoms with E-state index in [-0.39, 0.29) is 22.6 Å². The number of benzene rings is 2. The minimum Gasteiger partial charge on any atom is -0.423 e. The first-order chi connectivity index (χ1) is 32.3. The molecule has 0 fully saturated rings. The Balaban J connectivity index is 0.000000191. The summed E-state index contributed by atoms with van der Waals surface area (Å²) in [4.78, 5) is 47.6. The molecule has 8 aromatic rings. The average Bonchev–Trinajstić information content (AvgIpc) is 3.93. The van der Waals surface area contributed by atoms with Crippen molar-refractivity contribution < 1.29 is 54.0 Å². The van der Waals surface area contributed by atoms with E-state index >= 15 is 4.39 Å². The number of rotatable bonds is 14. The van der Waals surface area contributed by atoms with Crippen LogP contribution in [0.2, 0.25) is 0 Å². The number of carbonyl (C=O) groups excluding carboxylic acids is 2. The highest BCUT2D eigenvalue weighted by Gasteiger charge is 2.28. The number of halogens is 5. The minimum absolute atomic E-state index is 0.00426. The van der Waals surface area contributed by atoms with Gasteiger partial charge in [-0.25, -0.2) is 44.4 Å². The van der Waals surface area contributed by atoms with Gasteiger partial charge in [-0.15, -0.1) is 0 Å². The smallest absolute Gasteiger partial charge is 0.423 e. The molecular formula is C44H38BBrF4N8O8S2. The fourth-order valence-electron chi connectivity index (χ4n) is 6.50. The third kappa shape index (κ3) is 12.0. The normalized spacial score (nSPS) is 11.3. The van der Waals surface area contributed by atoms with E-state index in [1.165, 1.54) is 24.8 Å². The molecule has 0 aliphatic heterocycles. The summed E-state index contributed by atoms with van der Waals surface area (Å²) >= 11 is 3.23. The van der Waals surface area contributed by atoms with Gasteiger partial charge in [-0.3, -0.25) is 29.0 Å². The van der Waals surface area contributed by atoms with Gasteiger partial charge in [0.1, 0.15) is 22.9 Å². The first-order valence-electron chi connectivity index (χ1n) is 20.2. The number of sulfonamides is 2. The van der Waals surface area contributed by atoms with Crippen LogP contribution in [0.3, 0.4) is 0 Å². The Morgan fingerprint density at radius 3 is 1.59 bits per heavy atom. The number of aromatic nitrogens is 6. The highest BCUT2D eigenvalue weighted by molar-refractivity contribution is 9.10. The third-order valence-corrected chi connectivity index (χ3v) is 13.0. The van der Waals surface area contributed by atoms with Crippen molar-refractivity contribution in [1.82, 2.24) is 29.9 Å². The molecule has 24 heteroatoms. The predicted molar refractivity (Wildman–Crippen MR) is 252 cm³/mol. The van der Waals surface area contributed by atoms with E-state index in [1.54, 1.807) is 69.0 Å². The molecule has 0 unspecified atom stereocenters. The topological polar surface area (TPSA) is 250 Å². The van der Waals surface area contributed by atoms with Crippen LogP contribution >= 0.6 is 15.9 Å². The zero-order chi connectivity index (χ0) is 49.3. The lowest BCUT2D eigenvalue weighted by molar-refractivity contribution is 0.102. The Bertz CT molecular complexity index is 3350. The SMILES string of the molecule is CCCS(=O)(=O)Nc1ccc(F)c(C(=O)c2c[nH]c3ncc(-c4cccnc4)cc23)c1F.CCCS(=O)(=O)Nc1ccc(F)c(C(=O)c2c[nH]c3ncc(Br)cc23)c1F.OB(O)c1cccnc1. The van der Waals surface area contributed by atoms with E-state index in [4.69, 9.17) is 10.0 Å². The van der Waals surface area contributed by atoms with Gasteiger partial charge in [0.15, 0.2) is 11.6 Å². The van der Waals surface area contributed by atoms with Gasteiger partial charge in [0.2, 0.25) is 31.6 Å². The molecule has 8 rings (SSSR count). The molecule has 0 saturated carbocycles. The van der Waals surface area contributed by atoms with Crippen molar-refractivity contribution in [2.45, 2.75) is 26.7 Å². The fraction of sp³-hybridized carbons (Fsp3) is 0.136. The van der Waals surface area contributed by atoms with Crippen LogP contribution in [0.1, 0.15) is 58.5 Å². The van der Waals surface area contributed by atoms with Crippen molar-refractivity contribution >= 4 is 93.6 Å². The number of H-pyrrole nitrogens is 2. The van der Waals surface area contributed by atoms with Crippen LogP contribution in [-0.4, -0.2) is 87.0 Å². The molecule has 352 valence electrons. The number of carbonyl (C=O) groups is 2. The molecule has 0 amide bonds. The highest BCUT2D eigenvalue weighted by atomic mass is 79.9. The average molecular weight is 1040 g/mol. The molecule has 68 heavy (non-hydrogen) atoms. The molecule has 0 radical (unpaired) electrons. The number of aromatic amines is 2. The number of hydrogen-bond acceptors (Lipinski definition) is 12. The number of nitrogens with one attached hydrogen (secondary N) is 4. The number of ketones is 2. The molecule has 6 heterocycles. The monoisotopic (exact) mass is 1040 g/mol. The molecular weight excluding hydrogens is 999 g/mol. The zero-order valence-corrected chi connectivity index (χ0v) is 38.9. The van der Waals surface area contributed by atoms with Crippen molar-refractivity contribution in [3.05, 3.63) is 160 Å². The highest BCUT2D eigenvalue weighted by Crippen LogP contribution is 2.31. The van der Waals surface area contributed by atoms with E-state index < -0.39 is 84.5 Å². The molecule has 2 aromatic carbocycles. The summed E-state index contributed by atoms with van der Waals surface area (Å²) in [7, 11) is -9.04. The lowest BCUT2D eigenvalue weighted by Crippen LogP contribution is -2.29. The largest absolute Gasteiger partial charge is 0.490 e. The second kappa shape index (κ2) is 21.8. The molecule has 0 aliphatic rings. The number of anilines is 2. The second-order valence-electron chi connectivity index (χ2n) is 14.5. The van der Waals surface area contributed by atoms with Crippen molar-refractivity contribution in [2.75, 3.05) is 20.9 Å². The van der Waals surface area contributed by atoms with Gasteiger partial charge >= 0.3 is 7.12 Å². The Hall–Kier alpha value is -6.86. The van der Waals surface area contributed by atoms with Gasteiger partial charge in [-0.2, -0.15) is 0 Å². The van der Waals surface area contributed by atoms with Gasteiger partial charge in [0.25, 0.3) is 0 Å². The van der Waals surface area contributed by atoms with E-state index in [0.29, 0.717) is 50.4 Å². The molecule has 6 aromatic heterocycles. The van der Waals surface area contributed by atoms with Gasteiger partial charge in [-0.05, 0) is 77.3 Å². The van der Waals surface area contributed by atoms with Crippen LogP contribution in [0, 0.1) is 23.3 Å². The lowest BCUT2D eigenvalue weighted by atomic mass is 9.82.